The first-order valence-electron chi connectivity index (χ1n) is 12.3. The number of thiazole rings is 1. The molecule has 40 heavy (non-hydrogen) atoms. The lowest BCUT2D eigenvalue weighted by Gasteiger charge is -2.26. The van der Waals surface area contributed by atoms with E-state index in [4.69, 9.17) is 23.7 Å². The Balaban J connectivity index is 2.01. The lowest BCUT2D eigenvalue weighted by molar-refractivity contribution is -0.139. The van der Waals surface area contributed by atoms with Crippen molar-refractivity contribution in [2.45, 2.75) is 26.8 Å². The van der Waals surface area contributed by atoms with Crippen LogP contribution >= 0.6 is 43.2 Å². The maximum absolute atomic E-state index is 14.0. The van der Waals surface area contributed by atoms with Crippen LogP contribution < -0.4 is 33.8 Å². The highest BCUT2D eigenvalue weighted by Gasteiger charge is 2.35. The zero-order valence-corrected chi connectivity index (χ0v) is 26.8. The Morgan fingerprint density at radius 2 is 1.68 bits per heavy atom. The molecule has 3 aromatic rings. The largest absolute Gasteiger partial charge is 0.496 e. The van der Waals surface area contributed by atoms with E-state index in [1.54, 1.807) is 52.3 Å². The summed E-state index contributed by atoms with van der Waals surface area (Å²) in [6.07, 6.45) is 1.74. The van der Waals surface area contributed by atoms with Crippen LogP contribution in [0.15, 0.2) is 54.3 Å². The Morgan fingerprint density at radius 1 is 0.975 bits per heavy atom. The van der Waals surface area contributed by atoms with Crippen molar-refractivity contribution >= 4 is 55.2 Å². The molecule has 0 unspecified atom stereocenters. The highest BCUT2D eigenvalue weighted by atomic mass is 79.9. The smallest absolute Gasteiger partial charge is 0.338 e. The van der Waals surface area contributed by atoms with Gasteiger partial charge in [-0.15, -0.1) is 0 Å². The molecule has 0 fully saturated rings. The molecule has 0 saturated carbocycles. The van der Waals surface area contributed by atoms with E-state index in [1.807, 2.05) is 13.0 Å². The van der Waals surface area contributed by atoms with Crippen molar-refractivity contribution in [2.75, 3.05) is 34.5 Å². The number of rotatable bonds is 9. The van der Waals surface area contributed by atoms with E-state index in [1.165, 1.54) is 23.0 Å². The molecule has 0 aliphatic carbocycles. The van der Waals surface area contributed by atoms with Crippen molar-refractivity contribution in [3.8, 4) is 23.0 Å². The van der Waals surface area contributed by atoms with Crippen molar-refractivity contribution in [2.24, 2.45) is 4.99 Å². The third kappa shape index (κ3) is 5.57. The SMILES string of the molecule is CCOC(=O)C1=C(C)N=c2s/c(=C/c3cc(Br)c(OC)cc3OC)c(=O)n2[C@@H]1c1cc(OC)c(OCC)cc1Br. The molecule has 9 nitrogen and oxygen atoms in total. The zero-order valence-electron chi connectivity index (χ0n) is 22.8. The van der Waals surface area contributed by atoms with Crippen LogP contribution in [-0.2, 0) is 9.53 Å². The molecule has 4 rings (SSSR count). The molecular weight excluding hydrogens is 668 g/mol. The van der Waals surface area contributed by atoms with E-state index in [2.05, 4.69) is 36.9 Å². The van der Waals surface area contributed by atoms with Crippen molar-refractivity contribution < 1.29 is 28.5 Å². The van der Waals surface area contributed by atoms with Crippen molar-refractivity contribution in [1.82, 2.24) is 4.57 Å². The van der Waals surface area contributed by atoms with Gasteiger partial charge in [0.1, 0.15) is 11.5 Å². The van der Waals surface area contributed by atoms with Crippen molar-refractivity contribution in [3.05, 3.63) is 75.3 Å². The monoisotopic (exact) mass is 694 g/mol. The molecule has 0 spiro atoms. The van der Waals surface area contributed by atoms with Crippen LogP contribution in [0, 0.1) is 0 Å². The van der Waals surface area contributed by atoms with Gasteiger partial charge in [-0.1, -0.05) is 27.3 Å². The highest BCUT2D eigenvalue weighted by Crippen LogP contribution is 2.41. The molecular formula is C28H28Br2N2O7S. The number of ether oxygens (including phenoxy) is 5. The second kappa shape index (κ2) is 12.6. The molecule has 2 heterocycles. The molecule has 1 aliphatic rings. The lowest BCUT2D eigenvalue weighted by atomic mass is 9.95. The van der Waals surface area contributed by atoms with Gasteiger partial charge in [-0.2, -0.15) is 0 Å². The summed E-state index contributed by atoms with van der Waals surface area (Å²) < 4.78 is 30.9. The number of carbonyl (C=O) groups is 1. The first-order valence-corrected chi connectivity index (χ1v) is 14.7. The topological polar surface area (TPSA) is 97.6 Å². The number of hydrogen-bond acceptors (Lipinski definition) is 9. The molecule has 2 aromatic carbocycles. The predicted octanol–water partition coefficient (Wildman–Crippen LogP) is 4.75. The average molecular weight is 696 g/mol. The number of halogens is 2. The number of fused-ring (bicyclic) bond motifs is 1. The van der Waals surface area contributed by atoms with Gasteiger partial charge in [0.2, 0.25) is 0 Å². The minimum Gasteiger partial charge on any atom is -0.496 e. The number of esters is 1. The number of hydrogen-bond donors (Lipinski definition) is 0. The Morgan fingerprint density at radius 3 is 2.30 bits per heavy atom. The summed E-state index contributed by atoms with van der Waals surface area (Å²) in [6.45, 7) is 5.96. The number of carbonyl (C=O) groups excluding carboxylic acids is 1. The molecule has 12 heteroatoms. The first-order chi connectivity index (χ1) is 19.2. The van der Waals surface area contributed by atoms with Gasteiger partial charge in [0.25, 0.3) is 5.56 Å². The Hall–Kier alpha value is -3.09. The van der Waals surface area contributed by atoms with Gasteiger partial charge in [-0.05, 0) is 66.5 Å². The summed E-state index contributed by atoms with van der Waals surface area (Å²) in [5.74, 6) is 1.57. The first kappa shape index (κ1) is 29.9. The van der Waals surface area contributed by atoms with E-state index in [0.717, 1.165) is 0 Å². The maximum Gasteiger partial charge on any atom is 0.338 e. The number of methoxy groups -OCH3 is 3. The van der Waals surface area contributed by atoms with Crippen LogP contribution in [0.25, 0.3) is 6.08 Å². The average Bonchev–Trinajstić information content (AvgIpc) is 3.22. The van der Waals surface area contributed by atoms with Crippen molar-refractivity contribution in [1.29, 1.82) is 0 Å². The normalized spacial score (nSPS) is 14.9. The summed E-state index contributed by atoms with van der Waals surface area (Å²) in [5, 5.41) is 0. The fraction of sp³-hybridized carbons (Fsp3) is 0.321. The molecule has 0 amide bonds. The second-order valence-electron chi connectivity index (χ2n) is 8.49. The fourth-order valence-corrected chi connectivity index (χ4v) is 6.51. The minimum atomic E-state index is -0.832. The van der Waals surface area contributed by atoms with Crippen LogP contribution in [0.5, 0.6) is 23.0 Å². The maximum atomic E-state index is 14.0. The number of aromatic nitrogens is 1. The van der Waals surface area contributed by atoms with Gasteiger partial charge in [-0.25, -0.2) is 9.79 Å². The molecule has 0 saturated heterocycles. The van der Waals surface area contributed by atoms with Crippen LogP contribution in [0.3, 0.4) is 0 Å². The third-order valence-corrected chi connectivity index (χ3v) is 8.47. The standard InChI is InChI=1S/C28H28Br2N2O7S/c1-7-38-22-12-17(29)16(11-21(22)37-6)25-24(27(34)39-8-2)14(3)31-28-32(25)26(33)23(40-28)10-15-9-18(30)20(36-5)13-19(15)35-4/h9-13,25H,7-8H2,1-6H3/b23-10+/t25-/m1/s1. The third-order valence-electron chi connectivity index (χ3n) is 6.19. The Labute approximate surface area is 251 Å². The number of nitrogens with zero attached hydrogens (tertiary/aromatic N) is 2. The van der Waals surface area contributed by atoms with E-state index < -0.39 is 12.0 Å². The quantitative estimate of drug-likeness (QED) is 0.298. The summed E-state index contributed by atoms with van der Waals surface area (Å²) >= 11 is 8.35. The van der Waals surface area contributed by atoms with E-state index in [9.17, 15) is 9.59 Å². The minimum absolute atomic E-state index is 0.173. The van der Waals surface area contributed by atoms with E-state index in [0.29, 0.717) is 64.7 Å². The summed E-state index contributed by atoms with van der Waals surface area (Å²) in [6, 6.07) is 6.25. The molecule has 0 radical (unpaired) electrons. The summed E-state index contributed by atoms with van der Waals surface area (Å²) in [4.78, 5) is 32.4. The van der Waals surface area contributed by atoms with Crippen LogP contribution in [-0.4, -0.2) is 45.1 Å². The van der Waals surface area contributed by atoms with Gasteiger partial charge >= 0.3 is 5.97 Å². The van der Waals surface area contributed by atoms with Crippen LogP contribution in [0.4, 0.5) is 0 Å². The summed E-state index contributed by atoms with van der Waals surface area (Å²) in [7, 11) is 4.65. The van der Waals surface area contributed by atoms with Crippen LogP contribution in [0.1, 0.15) is 37.9 Å². The zero-order chi connectivity index (χ0) is 29.1. The van der Waals surface area contributed by atoms with E-state index in [-0.39, 0.29) is 17.7 Å². The molecule has 1 aromatic heterocycles. The van der Waals surface area contributed by atoms with E-state index >= 15 is 0 Å². The van der Waals surface area contributed by atoms with Gasteiger partial charge in [0.15, 0.2) is 16.3 Å². The van der Waals surface area contributed by atoms with Gasteiger partial charge in [0.05, 0.1) is 60.9 Å². The highest BCUT2D eigenvalue weighted by molar-refractivity contribution is 9.10. The second-order valence-corrected chi connectivity index (χ2v) is 11.2. The fourth-order valence-electron chi connectivity index (χ4n) is 4.41. The molecule has 0 bridgehead atoms. The number of allylic oxidation sites excluding steroid dienone is 1. The van der Waals surface area contributed by atoms with Gasteiger partial charge in [-0.3, -0.25) is 9.36 Å². The van der Waals surface area contributed by atoms with Gasteiger partial charge in [0, 0.05) is 16.1 Å². The predicted molar refractivity (Wildman–Crippen MR) is 160 cm³/mol. The lowest BCUT2D eigenvalue weighted by Crippen LogP contribution is -2.40. The van der Waals surface area contributed by atoms with Crippen molar-refractivity contribution in [3.63, 3.8) is 0 Å². The Kier molecular flexibility index (Phi) is 9.42. The van der Waals surface area contributed by atoms with Gasteiger partial charge < -0.3 is 23.7 Å². The molecule has 212 valence electrons. The Bertz CT molecular complexity index is 1680. The molecule has 0 N–H and O–H groups in total. The van der Waals surface area contributed by atoms with Crippen LogP contribution in [0.2, 0.25) is 0 Å². The molecule has 1 aliphatic heterocycles. The molecule has 1 atom stereocenters. The number of benzene rings is 2. The summed E-state index contributed by atoms with van der Waals surface area (Å²) in [5.41, 5.74) is 1.69.